The SMILES string of the molecule is C=NC[C@H]1CCOCC1n1cc(C(N)=O)c(Nc2cc3c(c(C(F)(F)F)c2)OB(O)C=C3)n1. The first-order valence-electron chi connectivity index (χ1n) is 10.1. The maximum atomic E-state index is 13.7. The van der Waals surface area contributed by atoms with Crippen molar-refractivity contribution >= 4 is 37.3 Å². The number of nitrogens with one attached hydrogen (secondary N) is 1. The van der Waals surface area contributed by atoms with E-state index < -0.39 is 30.5 Å². The molecule has 33 heavy (non-hydrogen) atoms. The molecule has 1 aromatic carbocycles. The number of benzene rings is 1. The summed E-state index contributed by atoms with van der Waals surface area (Å²) in [6.07, 6.45) is -1.26. The van der Waals surface area contributed by atoms with Crippen molar-refractivity contribution in [2.45, 2.75) is 18.6 Å². The lowest BCUT2D eigenvalue weighted by molar-refractivity contribution is -0.138. The van der Waals surface area contributed by atoms with Crippen molar-refractivity contribution in [3.8, 4) is 5.75 Å². The number of rotatable bonds is 6. The number of carbonyl (C=O) groups excluding carboxylic acids is 1. The number of nitrogens with zero attached hydrogens (tertiary/aromatic N) is 3. The van der Waals surface area contributed by atoms with Crippen LogP contribution in [0.4, 0.5) is 24.7 Å². The topological polar surface area (TPSA) is 124 Å². The number of primary amides is 1. The van der Waals surface area contributed by atoms with Gasteiger partial charge in [-0.3, -0.25) is 9.48 Å². The molecule has 2 aromatic rings. The number of anilines is 2. The Morgan fingerprint density at radius 2 is 2.24 bits per heavy atom. The molecule has 0 aliphatic carbocycles. The van der Waals surface area contributed by atoms with Gasteiger partial charge in [0.05, 0.1) is 18.2 Å². The lowest BCUT2D eigenvalue weighted by atomic mass is 9.85. The molecule has 0 saturated carbocycles. The number of halogens is 3. The van der Waals surface area contributed by atoms with Crippen LogP contribution in [0.1, 0.15) is 33.9 Å². The fourth-order valence-corrected chi connectivity index (χ4v) is 3.94. The van der Waals surface area contributed by atoms with Gasteiger partial charge in [0.2, 0.25) is 0 Å². The van der Waals surface area contributed by atoms with Gasteiger partial charge in [0, 0.05) is 36.5 Å². The highest BCUT2D eigenvalue weighted by Crippen LogP contribution is 2.42. The molecule has 2 aliphatic rings. The third-order valence-electron chi connectivity index (χ3n) is 5.53. The van der Waals surface area contributed by atoms with E-state index in [1.54, 1.807) is 0 Å². The summed E-state index contributed by atoms with van der Waals surface area (Å²) in [5.74, 6) is 0.0143. The molecule has 1 aromatic heterocycles. The summed E-state index contributed by atoms with van der Waals surface area (Å²) in [4.78, 5) is 16.0. The second-order valence-electron chi connectivity index (χ2n) is 7.77. The molecule has 9 nitrogen and oxygen atoms in total. The van der Waals surface area contributed by atoms with E-state index in [1.807, 2.05) is 0 Å². The minimum absolute atomic E-state index is 0.00667. The number of amides is 1. The van der Waals surface area contributed by atoms with Gasteiger partial charge in [-0.1, -0.05) is 6.08 Å². The third kappa shape index (κ3) is 4.73. The van der Waals surface area contributed by atoms with Crippen molar-refractivity contribution in [2.75, 3.05) is 25.1 Å². The number of hydrogen-bond donors (Lipinski definition) is 3. The number of aromatic nitrogens is 2. The predicted octanol–water partition coefficient (Wildman–Crippen LogP) is 2.45. The van der Waals surface area contributed by atoms with Gasteiger partial charge in [0.25, 0.3) is 5.91 Å². The van der Waals surface area contributed by atoms with E-state index >= 15 is 0 Å². The van der Waals surface area contributed by atoms with E-state index in [1.165, 1.54) is 29.0 Å². The van der Waals surface area contributed by atoms with Crippen molar-refractivity contribution in [1.82, 2.24) is 9.78 Å². The minimum atomic E-state index is -4.75. The first kappa shape index (κ1) is 22.9. The first-order valence-corrected chi connectivity index (χ1v) is 10.1. The van der Waals surface area contributed by atoms with Gasteiger partial charge in [-0.25, -0.2) is 0 Å². The highest BCUT2D eigenvalue weighted by molar-refractivity contribution is 6.51. The molecule has 0 spiro atoms. The van der Waals surface area contributed by atoms with E-state index in [9.17, 15) is 23.0 Å². The number of nitrogens with two attached hydrogens (primary N) is 1. The van der Waals surface area contributed by atoms with Crippen LogP contribution in [0.3, 0.4) is 0 Å². The summed E-state index contributed by atoms with van der Waals surface area (Å²) in [6, 6.07) is 1.97. The second kappa shape index (κ2) is 8.91. The molecule has 3 heterocycles. The normalized spacial score (nSPS) is 20.2. The summed E-state index contributed by atoms with van der Waals surface area (Å²) in [5.41, 5.74) is 4.56. The number of aliphatic imine (C=N–C) groups is 1. The highest BCUT2D eigenvalue weighted by Gasteiger charge is 2.38. The van der Waals surface area contributed by atoms with Gasteiger partial charge < -0.3 is 30.5 Å². The Morgan fingerprint density at radius 3 is 2.94 bits per heavy atom. The molecule has 1 amide bonds. The first-order chi connectivity index (χ1) is 15.7. The number of carbonyl (C=O) groups is 1. The molecule has 1 fully saturated rings. The zero-order chi connectivity index (χ0) is 23.8. The Labute approximate surface area is 187 Å². The van der Waals surface area contributed by atoms with Crippen LogP contribution < -0.4 is 15.7 Å². The van der Waals surface area contributed by atoms with Gasteiger partial charge >= 0.3 is 13.3 Å². The smallest absolute Gasteiger partial charge is 0.532 e. The van der Waals surface area contributed by atoms with Crippen LogP contribution in [-0.2, 0) is 10.9 Å². The number of hydrogen-bond acceptors (Lipinski definition) is 7. The van der Waals surface area contributed by atoms with E-state index in [0.29, 0.717) is 19.8 Å². The summed E-state index contributed by atoms with van der Waals surface area (Å²) in [7, 11) is -1.48. The maximum absolute atomic E-state index is 13.7. The fourth-order valence-electron chi connectivity index (χ4n) is 3.94. The van der Waals surface area contributed by atoms with Crippen LogP contribution in [0.25, 0.3) is 6.08 Å². The summed E-state index contributed by atoms with van der Waals surface area (Å²) in [6.45, 7) is 4.90. The largest absolute Gasteiger partial charge is 0.552 e. The molecule has 0 bridgehead atoms. The minimum Gasteiger partial charge on any atom is -0.532 e. The average Bonchev–Trinajstić information content (AvgIpc) is 3.17. The second-order valence-corrected chi connectivity index (χ2v) is 7.77. The quantitative estimate of drug-likeness (QED) is 0.447. The van der Waals surface area contributed by atoms with Crippen molar-refractivity contribution in [1.29, 1.82) is 0 Å². The Morgan fingerprint density at radius 1 is 1.45 bits per heavy atom. The molecule has 1 unspecified atom stereocenters. The fraction of sp³-hybridized carbons (Fsp3) is 0.350. The van der Waals surface area contributed by atoms with Crippen molar-refractivity contribution in [3.63, 3.8) is 0 Å². The zero-order valence-electron chi connectivity index (χ0n) is 17.4. The average molecular weight is 463 g/mol. The van der Waals surface area contributed by atoms with Crippen molar-refractivity contribution in [3.05, 3.63) is 41.0 Å². The van der Waals surface area contributed by atoms with Gasteiger partial charge in [-0.05, 0) is 31.2 Å². The third-order valence-corrected chi connectivity index (χ3v) is 5.53. The van der Waals surface area contributed by atoms with Crippen molar-refractivity contribution in [2.24, 2.45) is 16.6 Å². The van der Waals surface area contributed by atoms with Crippen LogP contribution in [0, 0.1) is 5.92 Å². The highest BCUT2D eigenvalue weighted by atomic mass is 19.4. The lowest BCUT2D eigenvalue weighted by Gasteiger charge is -2.30. The number of ether oxygens (including phenoxy) is 1. The maximum Gasteiger partial charge on any atom is 0.552 e. The van der Waals surface area contributed by atoms with Gasteiger partial charge in [0.15, 0.2) is 5.82 Å². The van der Waals surface area contributed by atoms with Crippen LogP contribution >= 0.6 is 0 Å². The van der Waals surface area contributed by atoms with Gasteiger partial charge in [0.1, 0.15) is 11.3 Å². The number of alkyl halides is 3. The molecular formula is C20H21BF3N5O4. The molecule has 2 aliphatic heterocycles. The Bertz CT molecular complexity index is 1100. The number of fused-ring (bicyclic) bond motifs is 1. The standard InChI is InChI=1S/C20H21BF3N5O4/c1-26-8-12-3-5-32-10-16(12)29-9-14(18(25)30)19(28-29)27-13-6-11-2-4-21(31)33-17(11)15(7-13)20(22,23)24/h2,4,6-7,9,12,16,31H,1,3,5,8,10H2,(H2,25,30)(H,27,28)/t12-,16?/m1/s1. The monoisotopic (exact) mass is 463 g/mol. The van der Waals surface area contributed by atoms with E-state index in [4.69, 9.17) is 15.1 Å². The van der Waals surface area contributed by atoms with Gasteiger partial charge in [-0.2, -0.15) is 18.3 Å². The Balaban J connectivity index is 1.72. The molecular weight excluding hydrogens is 442 g/mol. The van der Waals surface area contributed by atoms with E-state index in [0.717, 1.165) is 12.5 Å². The van der Waals surface area contributed by atoms with Crippen molar-refractivity contribution < 1.29 is 32.4 Å². The summed E-state index contributed by atoms with van der Waals surface area (Å²) >= 11 is 0. The lowest BCUT2D eigenvalue weighted by Crippen LogP contribution is -2.32. The van der Waals surface area contributed by atoms with Crippen LogP contribution in [0.15, 0.2) is 29.3 Å². The van der Waals surface area contributed by atoms with Gasteiger partial charge in [-0.15, -0.1) is 0 Å². The molecule has 0 radical (unpaired) electrons. The van der Waals surface area contributed by atoms with Crippen LogP contribution in [0.2, 0.25) is 0 Å². The summed E-state index contributed by atoms with van der Waals surface area (Å²) in [5, 5.41) is 16.7. The van der Waals surface area contributed by atoms with E-state index in [-0.39, 0.29) is 34.6 Å². The predicted molar refractivity (Wildman–Crippen MR) is 115 cm³/mol. The molecule has 4 N–H and O–H groups in total. The molecule has 4 rings (SSSR count). The molecule has 174 valence electrons. The van der Waals surface area contributed by atoms with Crippen LogP contribution in [-0.4, -0.2) is 54.3 Å². The Hall–Kier alpha value is -3.32. The van der Waals surface area contributed by atoms with E-state index in [2.05, 4.69) is 22.1 Å². The zero-order valence-corrected chi connectivity index (χ0v) is 17.4. The van der Waals surface area contributed by atoms with Crippen LogP contribution in [0.5, 0.6) is 5.75 Å². The Kier molecular flexibility index (Phi) is 6.17. The molecule has 2 atom stereocenters. The molecule has 1 saturated heterocycles. The summed E-state index contributed by atoms with van der Waals surface area (Å²) < 4.78 is 53.0. The molecule has 13 heteroatoms.